The fourth-order valence-corrected chi connectivity index (χ4v) is 2.81. The van der Waals surface area contributed by atoms with Crippen LogP contribution in [0, 0.1) is 0 Å². The highest BCUT2D eigenvalue weighted by molar-refractivity contribution is 9.11. The molecule has 0 bridgehead atoms. The first-order valence-corrected chi connectivity index (χ1v) is 7.71. The average Bonchev–Trinajstić information content (AvgIpc) is 2.41. The highest BCUT2D eigenvalue weighted by atomic mass is 79.9. The second-order valence-electron chi connectivity index (χ2n) is 4.06. The summed E-state index contributed by atoms with van der Waals surface area (Å²) in [5.74, 6) is 1.69. The molecule has 2 aromatic carbocycles. The van der Waals surface area contributed by atoms with Gasteiger partial charge >= 0.3 is 0 Å². The minimum absolute atomic E-state index is 0.806. The molecular weight excluding hydrogens is 370 g/mol. The largest absolute Gasteiger partial charge is 0.456 e. The summed E-state index contributed by atoms with van der Waals surface area (Å²) in [5, 5.41) is 3.32. The van der Waals surface area contributed by atoms with Gasteiger partial charge in [-0.1, -0.05) is 41.1 Å². The number of para-hydroxylation sites is 1. The first-order chi connectivity index (χ1) is 9.20. The molecule has 0 atom stereocenters. The van der Waals surface area contributed by atoms with Crippen LogP contribution in [-0.4, -0.2) is 6.54 Å². The summed E-state index contributed by atoms with van der Waals surface area (Å²) in [5.41, 5.74) is 1.15. The van der Waals surface area contributed by atoms with Crippen LogP contribution in [-0.2, 0) is 6.54 Å². The van der Waals surface area contributed by atoms with Gasteiger partial charge in [-0.05, 0) is 46.7 Å². The van der Waals surface area contributed by atoms with Crippen molar-refractivity contribution in [2.24, 2.45) is 0 Å². The maximum atomic E-state index is 5.98. The Balaban J connectivity index is 2.22. The third kappa shape index (κ3) is 4.06. The number of hydrogen-bond acceptors (Lipinski definition) is 2. The molecule has 0 aliphatic heterocycles. The zero-order valence-electron chi connectivity index (χ0n) is 10.6. The van der Waals surface area contributed by atoms with E-state index < -0.39 is 0 Å². The molecule has 100 valence electrons. The first kappa shape index (κ1) is 14.6. The average molecular weight is 385 g/mol. The molecule has 2 aromatic rings. The number of nitrogens with one attached hydrogen (secondary N) is 1. The standard InChI is InChI=1S/C15H15Br2NO/c1-2-18-10-11-5-3-4-6-14(11)19-15-8-7-12(16)9-13(15)17/h3-9,18H,2,10H2,1H3. The fraction of sp³-hybridized carbons (Fsp3) is 0.200. The van der Waals surface area contributed by atoms with Gasteiger partial charge < -0.3 is 10.1 Å². The molecule has 0 radical (unpaired) electrons. The molecule has 0 saturated heterocycles. The van der Waals surface area contributed by atoms with Crippen molar-refractivity contribution in [2.75, 3.05) is 6.54 Å². The van der Waals surface area contributed by atoms with E-state index in [0.29, 0.717) is 0 Å². The smallest absolute Gasteiger partial charge is 0.141 e. The van der Waals surface area contributed by atoms with Gasteiger partial charge in [0, 0.05) is 16.6 Å². The van der Waals surface area contributed by atoms with Crippen LogP contribution in [0.25, 0.3) is 0 Å². The van der Waals surface area contributed by atoms with Gasteiger partial charge in [-0.25, -0.2) is 0 Å². The van der Waals surface area contributed by atoms with Crippen molar-refractivity contribution >= 4 is 31.9 Å². The van der Waals surface area contributed by atoms with Crippen molar-refractivity contribution < 1.29 is 4.74 Å². The van der Waals surface area contributed by atoms with Gasteiger partial charge in [-0.2, -0.15) is 0 Å². The lowest BCUT2D eigenvalue weighted by Gasteiger charge is -2.12. The van der Waals surface area contributed by atoms with Crippen LogP contribution in [0.15, 0.2) is 51.4 Å². The lowest BCUT2D eigenvalue weighted by Crippen LogP contribution is -2.12. The third-order valence-corrected chi connectivity index (χ3v) is 3.76. The van der Waals surface area contributed by atoms with Gasteiger partial charge in [-0.15, -0.1) is 0 Å². The first-order valence-electron chi connectivity index (χ1n) is 6.12. The van der Waals surface area contributed by atoms with Gasteiger partial charge in [0.2, 0.25) is 0 Å². The Morgan fingerprint density at radius 2 is 1.84 bits per heavy atom. The Hall–Kier alpha value is -0.840. The molecular formula is C15H15Br2NO. The van der Waals surface area contributed by atoms with Gasteiger partial charge in [0.15, 0.2) is 0 Å². The second kappa shape index (κ2) is 7.08. The van der Waals surface area contributed by atoms with Gasteiger partial charge in [-0.3, -0.25) is 0 Å². The summed E-state index contributed by atoms with van der Waals surface area (Å²) in [4.78, 5) is 0. The molecule has 0 spiro atoms. The van der Waals surface area contributed by atoms with Crippen LogP contribution < -0.4 is 10.1 Å². The second-order valence-corrected chi connectivity index (χ2v) is 5.83. The van der Waals surface area contributed by atoms with E-state index in [1.54, 1.807) is 0 Å². The summed E-state index contributed by atoms with van der Waals surface area (Å²) >= 11 is 6.95. The normalized spacial score (nSPS) is 10.5. The number of benzene rings is 2. The van der Waals surface area contributed by atoms with Crippen molar-refractivity contribution in [3.63, 3.8) is 0 Å². The molecule has 2 rings (SSSR count). The Kier molecular flexibility index (Phi) is 5.43. The van der Waals surface area contributed by atoms with E-state index in [2.05, 4.69) is 50.2 Å². The maximum Gasteiger partial charge on any atom is 0.141 e. The summed E-state index contributed by atoms with van der Waals surface area (Å²) < 4.78 is 7.94. The summed E-state index contributed by atoms with van der Waals surface area (Å²) in [6.45, 7) is 3.84. The molecule has 0 aliphatic carbocycles. The fourth-order valence-electron chi connectivity index (χ4n) is 1.69. The molecule has 1 N–H and O–H groups in total. The summed E-state index contributed by atoms with van der Waals surface area (Å²) in [6.07, 6.45) is 0. The molecule has 19 heavy (non-hydrogen) atoms. The van der Waals surface area contributed by atoms with E-state index >= 15 is 0 Å². The SMILES string of the molecule is CCNCc1ccccc1Oc1ccc(Br)cc1Br. The highest BCUT2D eigenvalue weighted by Crippen LogP contribution is 2.33. The minimum atomic E-state index is 0.806. The Bertz CT molecular complexity index is 558. The number of hydrogen-bond donors (Lipinski definition) is 1. The Labute approximate surface area is 130 Å². The zero-order chi connectivity index (χ0) is 13.7. The van der Waals surface area contributed by atoms with E-state index in [0.717, 1.165) is 39.1 Å². The predicted molar refractivity (Wildman–Crippen MR) is 85.7 cm³/mol. The molecule has 0 amide bonds. The Morgan fingerprint density at radius 1 is 1.05 bits per heavy atom. The number of rotatable bonds is 5. The molecule has 0 aliphatic rings. The van der Waals surface area contributed by atoms with Crippen molar-refractivity contribution in [3.8, 4) is 11.5 Å². The van der Waals surface area contributed by atoms with Crippen molar-refractivity contribution in [3.05, 3.63) is 57.0 Å². The van der Waals surface area contributed by atoms with Crippen LogP contribution in [0.3, 0.4) is 0 Å². The van der Waals surface area contributed by atoms with E-state index in [4.69, 9.17) is 4.74 Å². The van der Waals surface area contributed by atoms with E-state index in [1.165, 1.54) is 0 Å². The number of ether oxygens (including phenoxy) is 1. The predicted octanol–water partition coefficient (Wildman–Crippen LogP) is 5.11. The quantitative estimate of drug-likeness (QED) is 0.772. The molecule has 0 aromatic heterocycles. The Morgan fingerprint density at radius 3 is 2.58 bits per heavy atom. The van der Waals surface area contributed by atoms with Crippen LogP contribution in [0.4, 0.5) is 0 Å². The van der Waals surface area contributed by atoms with Crippen LogP contribution in [0.1, 0.15) is 12.5 Å². The lowest BCUT2D eigenvalue weighted by molar-refractivity contribution is 0.470. The third-order valence-electron chi connectivity index (χ3n) is 2.65. The van der Waals surface area contributed by atoms with Gasteiger partial charge in [0.05, 0.1) is 4.47 Å². The summed E-state index contributed by atoms with van der Waals surface area (Å²) in [7, 11) is 0. The topological polar surface area (TPSA) is 21.3 Å². The van der Waals surface area contributed by atoms with Crippen molar-refractivity contribution in [1.29, 1.82) is 0 Å². The molecule has 0 unspecified atom stereocenters. The summed E-state index contributed by atoms with van der Waals surface area (Å²) in [6, 6.07) is 14.0. The maximum absolute atomic E-state index is 5.98. The van der Waals surface area contributed by atoms with Gasteiger partial charge in [0.25, 0.3) is 0 Å². The van der Waals surface area contributed by atoms with E-state index in [-0.39, 0.29) is 0 Å². The number of halogens is 2. The van der Waals surface area contributed by atoms with Crippen molar-refractivity contribution in [2.45, 2.75) is 13.5 Å². The van der Waals surface area contributed by atoms with E-state index in [9.17, 15) is 0 Å². The van der Waals surface area contributed by atoms with Crippen LogP contribution in [0.2, 0.25) is 0 Å². The van der Waals surface area contributed by atoms with Crippen molar-refractivity contribution in [1.82, 2.24) is 5.32 Å². The lowest BCUT2D eigenvalue weighted by atomic mass is 10.2. The van der Waals surface area contributed by atoms with E-state index in [1.807, 2.05) is 36.4 Å². The van der Waals surface area contributed by atoms with Crippen LogP contribution in [0.5, 0.6) is 11.5 Å². The zero-order valence-corrected chi connectivity index (χ0v) is 13.8. The highest BCUT2D eigenvalue weighted by Gasteiger charge is 2.07. The molecule has 2 nitrogen and oxygen atoms in total. The minimum Gasteiger partial charge on any atom is -0.456 e. The van der Waals surface area contributed by atoms with Gasteiger partial charge in [0.1, 0.15) is 11.5 Å². The molecule has 0 saturated carbocycles. The molecule has 4 heteroatoms. The monoisotopic (exact) mass is 383 g/mol. The molecule has 0 fully saturated rings. The van der Waals surface area contributed by atoms with Crippen LogP contribution >= 0.6 is 31.9 Å². The molecule has 0 heterocycles.